The molecule has 2 nitrogen and oxygen atoms in total. The van der Waals surface area contributed by atoms with Crippen molar-refractivity contribution in [2.75, 3.05) is 18.0 Å². The second-order valence-corrected chi connectivity index (χ2v) is 5.83. The minimum Gasteiger partial charge on any atom is -0.371 e. The summed E-state index contributed by atoms with van der Waals surface area (Å²) in [5.41, 5.74) is 4.76. The minimum atomic E-state index is 0.681. The molecule has 1 aliphatic rings. The summed E-state index contributed by atoms with van der Waals surface area (Å²) in [5, 5.41) is 8.86. The van der Waals surface area contributed by atoms with Crippen LogP contribution in [0.2, 0.25) is 0 Å². The summed E-state index contributed by atoms with van der Waals surface area (Å²) < 4.78 is 0. The molecule has 21 heavy (non-hydrogen) atoms. The lowest BCUT2D eigenvalue weighted by Crippen LogP contribution is -2.32. The number of nitriles is 1. The number of hydrogen-bond acceptors (Lipinski definition) is 2. The van der Waals surface area contributed by atoms with Crippen LogP contribution in [-0.2, 0) is 0 Å². The number of anilines is 1. The average Bonchev–Trinajstić information content (AvgIpc) is 2.56. The summed E-state index contributed by atoms with van der Waals surface area (Å²) >= 11 is 0. The van der Waals surface area contributed by atoms with Crippen LogP contribution in [0, 0.1) is 18.3 Å². The van der Waals surface area contributed by atoms with Gasteiger partial charge in [0.25, 0.3) is 0 Å². The van der Waals surface area contributed by atoms with E-state index in [-0.39, 0.29) is 0 Å². The number of nitrogens with zero attached hydrogens (tertiary/aromatic N) is 2. The molecule has 0 aromatic heterocycles. The number of aryl methyl sites for hydroxylation is 1. The van der Waals surface area contributed by atoms with Crippen LogP contribution in [0.4, 0.5) is 5.69 Å². The van der Waals surface area contributed by atoms with Crippen LogP contribution in [-0.4, -0.2) is 13.1 Å². The summed E-state index contributed by atoms with van der Waals surface area (Å²) in [6.45, 7) is 4.31. The van der Waals surface area contributed by atoms with E-state index in [2.05, 4.69) is 54.3 Å². The fourth-order valence-corrected chi connectivity index (χ4v) is 3.06. The van der Waals surface area contributed by atoms with E-state index in [1.807, 2.05) is 12.1 Å². The van der Waals surface area contributed by atoms with Gasteiger partial charge in [0.15, 0.2) is 0 Å². The summed E-state index contributed by atoms with van der Waals surface area (Å²) in [6, 6.07) is 19.1. The monoisotopic (exact) mass is 276 g/mol. The van der Waals surface area contributed by atoms with Crippen LogP contribution in [0.25, 0.3) is 0 Å². The van der Waals surface area contributed by atoms with Gasteiger partial charge in [0, 0.05) is 18.8 Å². The maximum atomic E-state index is 8.86. The first-order chi connectivity index (χ1) is 10.3. The fourth-order valence-electron chi connectivity index (χ4n) is 3.06. The van der Waals surface area contributed by atoms with Crippen LogP contribution in [0.3, 0.4) is 0 Å². The van der Waals surface area contributed by atoms with Crippen LogP contribution in [0.5, 0.6) is 0 Å². The summed E-state index contributed by atoms with van der Waals surface area (Å²) in [6.07, 6.45) is 2.39. The lowest BCUT2D eigenvalue weighted by Gasteiger charge is -2.34. The molecular formula is C19H20N2. The molecule has 1 aliphatic heterocycles. The molecule has 0 amide bonds. The van der Waals surface area contributed by atoms with Gasteiger partial charge >= 0.3 is 0 Å². The summed E-state index contributed by atoms with van der Waals surface area (Å²) in [7, 11) is 0. The van der Waals surface area contributed by atoms with Gasteiger partial charge in [-0.1, -0.05) is 29.8 Å². The van der Waals surface area contributed by atoms with E-state index in [0.29, 0.717) is 5.92 Å². The molecular weight excluding hydrogens is 256 g/mol. The zero-order valence-electron chi connectivity index (χ0n) is 12.4. The minimum absolute atomic E-state index is 0.681. The Labute approximate surface area is 126 Å². The molecule has 1 saturated heterocycles. The molecule has 0 radical (unpaired) electrons. The van der Waals surface area contributed by atoms with Crippen molar-refractivity contribution in [3.8, 4) is 6.07 Å². The first-order valence-corrected chi connectivity index (χ1v) is 7.58. The SMILES string of the molecule is Cc1ccc(C2CCN(c3ccc(C#N)cc3)CC2)cc1. The van der Waals surface area contributed by atoms with Crippen LogP contribution in [0.1, 0.15) is 35.4 Å². The van der Waals surface area contributed by atoms with Crippen LogP contribution in [0.15, 0.2) is 48.5 Å². The molecule has 106 valence electrons. The fraction of sp³-hybridized carbons (Fsp3) is 0.316. The predicted molar refractivity (Wildman–Crippen MR) is 86.5 cm³/mol. The Balaban J connectivity index is 1.64. The third kappa shape index (κ3) is 3.08. The van der Waals surface area contributed by atoms with Crippen molar-refractivity contribution in [2.24, 2.45) is 0 Å². The Morgan fingerprint density at radius 3 is 2.14 bits per heavy atom. The van der Waals surface area contributed by atoms with Crippen molar-refractivity contribution in [3.63, 3.8) is 0 Å². The second-order valence-electron chi connectivity index (χ2n) is 5.83. The molecule has 2 aromatic carbocycles. The highest BCUT2D eigenvalue weighted by Gasteiger charge is 2.20. The van der Waals surface area contributed by atoms with Crippen molar-refractivity contribution in [1.29, 1.82) is 5.26 Å². The third-order valence-corrected chi connectivity index (χ3v) is 4.41. The van der Waals surface area contributed by atoms with Gasteiger partial charge in [0.2, 0.25) is 0 Å². The quantitative estimate of drug-likeness (QED) is 0.820. The molecule has 0 aliphatic carbocycles. The molecule has 0 spiro atoms. The first kappa shape index (κ1) is 13.7. The van der Waals surface area contributed by atoms with Crippen molar-refractivity contribution < 1.29 is 0 Å². The Bertz CT molecular complexity index is 627. The van der Waals surface area contributed by atoms with Crippen LogP contribution >= 0.6 is 0 Å². The smallest absolute Gasteiger partial charge is 0.0991 e. The van der Waals surface area contributed by atoms with Gasteiger partial charge in [-0.2, -0.15) is 5.26 Å². The van der Waals surface area contributed by atoms with E-state index in [9.17, 15) is 0 Å². The molecule has 3 rings (SSSR count). The maximum absolute atomic E-state index is 8.86. The lowest BCUT2D eigenvalue weighted by molar-refractivity contribution is 0.505. The van der Waals surface area contributed by atoms with Gasteiger partial charge in [0.05, 0.1) is 11.6 Å². The number of rotatable bonds is 2. The molecule has 2 aromatic rings. The molecule has 2 heteroatoms. The van der Waals surface area contributed by atoms with Gasteiger partial charge in [0.1, 0.15) is 0 Å². The highest BCUT2D eigenvalue weighted by molar-refractivity contribution is 5.50. The zero-order valence-corrected chi connectivity index (χ0v) is 12.4. The number of benzene rings is 2. The van der Waals surface area contributed by atoms with Gasteiger partial charge < -0.3 is 4.90 Å². The van der Waals surface area contributed by atoms with E-state index in [1.165, 1.54) is 29.7 Å². The third-order valence-electron chi connectivity index (χ3n) is 4.41. The average molecular weight is 276 g/mol. The molecule has 0 N–H and O–H groups in total. The molecule has 0 unspecified atom stereocenters. The van der Waals surface area contributed by atoms with Crippen molar-refractivity contribution in [2.45, 2.75) is 25.7 Å². The predicted octanol–water partition coefficient (Wildman–Crippen LogP) is 4.25. The maximum Gasteiger partial charge on any atom is 0.0991 e. The van der Waals surface area contributed by atoms with Crippen LogP contribution < -0.4 is 4.90 Å². The van der Waals surface area contributed by atoms with Gasteiger partial charge in [-0.3, -0.25) is 0 Å². The molecule has 0 atom stereocenters. The standard InChI is InChI=1S/C19H20N2/c1-15-2-6-17(7-3-15)18-10-12-21(13-11-18)19-8-4-16(14-20)5-9-19/h2-9,18H,10-13H2,1H3. The van der Waals surface area contributed by atoms with Crippen molar-refractivity contribution in [1.82, 2.24) is 0 Å². The zero-order chi connectivity index (χ0) is 14.7. The van der Waals surface area contributed by atoms with E-state index in [1.54, 1.807) is 0 Å². The highest BCUT2D eigenvalue weighted by atomic mass is 15.1. The van der Waals surface area contributed by atoms with Gasteiger partial charge in [-0.05, 0) is 55.5 Å². The normalized spacial score (nSPS) is 15.7. The van der Waals surface area contributed by atoms with Gasteiger partial charge in [-0.15, -0.1) is 0 Å². The van der Waals surface area contributed by atoms with Crippen molar-refractivity contribution in [3.05, 3.63) is 65.2 Å². The molecule has 1 heterocycles. The van der Waals surface area contributed by atoms with Crippen molar-refractivity contribution >= 4 is 5.69 Å². The van der Waals surface area contributed by atoms with Gasteiger partial charge in [-0.25, -0.2) is 0 Å². The Morgan fingerprint density at radius 1 is 0.952 bits per heavy atom. The molecule has 1 fully saturated rings. The largest absolute Gasteiger partial charge is 0.371 e. The summed E-state index contributed by atoms with van der Waals surface area (Å²) in [4.78, 5) is 2.42. The van der Waals surface area contributed by atoms with E-state index < -0.39 is 0 Å². The topological polar surface area (TPSA) is 27.0 Å². The number of hydrogen-bond donors (Lipinski definition) is 0. The lowest BCUT2D eigenvalue weighted by atomic mass is 9.89. The van der Waals surface area contributed by atoms with E-state index in [4.69, 9.17) is 5.26 Å². The first-order valence-electron chi connectivity index (χ1n) is 7.58. The second kappa shape index (κ2) is 6.01. The Morgan fingerprint density at radius 2 is 1.57 bits per heavy atom. The van der Waals surface area contributed by atoms with E-state index in [0.717, 1.165) is 18.7 Å². The number of piperidine rings is 1. The Kier molecular flexibility index (Phi) is 3.92. The Hall–Kier alpha value is -2.27. The molecule has 0 saturated carbocycles. The molecule has 0 bridgehead atoms. The van der Waals surface area contributed by atoms with E-state index >= 15 is 0 Å². The summed E-state index contributed by atoms with van der Waals surface area (Å²) in [5.74, 6) is 0.681. The highest BCUT2D eigenvalue weighted by Crippen LogP contribution is 2.30.